The predicted octanol–water partition coefficient (Wildman–Crippen LogP) is 2.59. The van der Waals surface area contributed by atoms with E-state index in [-0.39, 0.29) is 6.54 Å². The van der Waals surface area contributed by atoms with Crippen molar-refractivity contribution in [2.24, 2.45) is 5.73 Å². The number of hydrogen-bond donors (Lipinski definition) is 1. The van der Waals surface area contributed by atoms with E-state index in [1.165, 1.54) is 24.4 Å². The summed E-state index contributed by atoms with van der Waals surface area (Å²) in [5.74, 6) is -0.473. The van der Waals surface area contributed by atoms with Gasteiger partial charge in [0, 0.05) is 12.7 Å². The molecule has 0 aliphatic heterocycles. The number of nitrogens with zero attached hydrogens (tertiary/aromatic N) is 2. The van der Waals surface area contributed by atoms with Crippen molar-refractivity contribution in [2.45, 2.75) is 12.2 Å². The Kier molecular flexibility index (Phi) is 3.57. The summed E-state index contributed by atoms with van der Waals surface area (Å²) < 4.78 is 51.6. The van der Waals surface area contributed by atoms with Crippen molar-refractivity contribution in [3.63, 3.8) is 0 Å². The van der Waals surface area contributed by atoms with Crippen molar-refractivity contribution < 1.29 is 17.6 Å². The highest BCUT2D eigenvalue weighted by Gasteiger charge is 2.34. The van der Waals surface area contributed by atoms with E-state index >= 15 is 0 Å². The van der Waals surface area contributed by atoms with E-state index < -0.39 is 23.7 Å². The van der Waals surface area contributed by atoms with Crippen molar-refractivity contribution in [3.05, 3.63) is 53.6 Å². The Balaban J connectivity index is 2.35. The Labute approximate surface area is 106 Å². The van der Waals surface area contributed by atoms with Crippen LogP contribution in [0.5, 0.6) is 0 Å². The highest BCUT2D eigenvalue weighted by Crippen LogP contribution is 2.28. The molecule has 0 saturated carbocycles. The van der Waals surface area contributed by atoms with Crippen molar-refractivity contribution in [3.8, 4) is 0 Å². The minimum atomic E-state index is -4.51. The van der Waals surface area contributed by atoms with Gasteiger partial charge in [-0.2, -0.15) is 18.3 Å². The Bertz CT molecular complexity index is 562. The van der Waals surface area contributed by atoms with Crippen LogP contribution in [0.3, 0.4) is 0 Å². The largest absolute Gasteiger partial charge is 0.435 e. The molecular formula is C12H11F4N3. The second kappa shape index (κ2) is 5.00. The standard InChI is InChI=1S/C12H11F4N3/c13-9-3-1-2-8(6-9)10(7-17)19-5-4-11(18-19)12(14,15)16/h1-6,10H,7,17H2. The maximum Gasteiger partial charge on any atom is 0.435 e. The van der Waals surface area contributed by atoms with Crippen LogP contribution in [-0.4, -0.2) is 16.3 Å². The lowest BCUT2D eigenvalue weighted by Crippen LogP contribution is -2.21. The Morgan fingerprint density at radius 2 is 2.00 bits per heavy atom. The number of alkyl halides is 3. The summed E-state index contributed by atoms with van der Waals surface area (Å²) >= 11 is 0. The van der Waals surface area contributed by atoms with Gasteiger partial charge < -0.3 is 5.73 Å². The monoisotopic (exact) mass is 273 g/mol. The Hall–Kier alpha value is -1.89. The van der Waals surface area contributed by atoms with Gasteiger partial charge >= 0.3 is 6.18 Å². The molecule has 1 atom stereocenters. The van der Waals surface area contributed by atoms with E-state index in [4.69, 9.17) is 5.73 Å². The van der Waals surface area contributed by atoms with Gasteiger partial charge in [0.05, 0.1) is 6.04 Å². The molecule has 3 nitrogen and oxygen atoms in total. The number of hydrogen-bond acceptors (Lipinski definition) is 2. The van der Waals surface area contributed by atoms with E-state index in [0.717, 1.165) is 10.7 Å². The van der Waals surface area contributed by atoms with E-state index in [1.54, 1.807) is 6.07 Å². The van der Waals surface area contributed by atoms with Gasteiger partial charge in [0.25, 0.3) is 0 Å². The third kappa shape index (κ3) is 2.93. The van der Waals surface area contributed by atoms with Gasteiger partial charge in [-0.05, 0) is 23.8 Å². The fourth-order valence-corrected chi connectivity index (χ4v) is 1.77. The van der Waals surface area contributed by atoms with Crippen LogP contribution in [0.25, 0.3) is 0 Å². The van der Waals surface area contributed by atoms with Crippen molar-refractivity contribution in [1.82, 2.24) is 9.78 Å². The van der Waals surface area contributed by atoms with Gasteiger partial charge in [-0.25, -0.2) is 4.39 Å². The molecule has 0 saturated heterocycles. The number of rotatable bonds is 3. The maximum absolute atomic E-state index is 13.1. The molecule has 7 heteroatoms. The van der Waals surface area contributed by atoms with Crippen LogP contribution in [0.2, 0.25) is 0 Å². The molecule has 2 rings (SSSR count). The zero-order valence-corrected chi connectivity index (χ0v) is 9.73. The highest BCUT2D eigenvalue weighted by atomic mass is 19.4. The molecule has 0 fully saturated rings. The fraction of sp³-hybridized carbons (Fsp3) is 0.250. The normalized spacial score (nSPS) is 13.5. The molecule has 102 valence electrons. The van der Waals surface area contributed by atoms with Crippen LogP contribution < -0.4 is 5.73 Å². The molecule has 1 aromatic heterocycles. The average Bonchev–Trinajstić information content (AvgIpc) is 2.79. The first-order chi connectivity index (χ1) is 8.91. The van der Waals surface area contributed by atoms with Gasteiger partial charge in [0.1, 0.15) is 5.82 Å². The summed E-state index contributed by atoms with van der Waals surface area (Å²) in [7, 11) is 0. The maximum atomic E-state index is 13.1. The number of aromatic nitrogens is 2. The molecular weight excluding hydrogens is 262 g/mol. The van der Waals surface area contributed by atoms with E-state index in [1.807, 2.05) is 0 Å². The third-order valence-corrected chi connectivity index (χ3v) is 2.67. The molecule has 0 bridgehead atoms. The smallest absolute Gasteiger partial charge is 0.328 e. The lowest BCUT2D eigenvalue weighted by Gasteiger charge is -2.16. The molecule has 1 unspecified atom stereocenters. The quantitative estimate of drug-likeness (QED) is 0.873. The summed E-state index contributed by atoms with van der Waals surface area (Å²) in [5, 5.41) is 3.45. The second-order valence-corrected chi connectivity index (χ2v) is 3.99. The number of benzene rings is 1. The molecule has 0 aliphatic carbocycles. The van der Waals surface area contributed by atoms with Crippen LogP contribution in [0.15, 0.2) is 36.5 Å². The molecule has 0 amide bonds. The molecule has 2 aromatic rings. The van der Waals surface area contributed by atoms with Gasteiger partial charge in [-0.1, -0.05) is 12.1 Å². The Morgan fingerprint density at radius 1 is 1.26 bits per heavy atom. The van der Waals surface area contributed by atoms with Crippen molar-refractivity contribution in [2.75, 3.05) is 6.54 Å². The summed E-state index contributed by atoms with van der Waals surface area (Å²) in [6.45, 7) is 0.0163. The molecule has 0 radical (unpaired) electrons. The summed E-state index contributed by atoms with van der Waals surface area (Å²) in [6.07, 6.45) is -3.32. The summed E-state index contributed by atoms with van der Waals surface area (Å²) in [6, 6.07) is 5.78. The molecule has 0 spiro atoms. The van der Waals surface area contributed by atoms with Crippen molar-refractivity contribution >= 4 is 0 Å². The van der Waals surface area contributed by atoms with Gasteiger partial charge in [-0.15, -0.1) is 0 Å². The fourth-order valence-electron chi connectivity index (χ4n) is 1.77. The predicted molar refractivity (Wildman–Crippen MR) is 60.8 cm³/mol. The first-order valence-electron chi connectivity index (χ1n) is 5.49. The van der Waals surface area contributed by atoms with Gasteiger partial charge in [0.2, 0.25) is 0 Å². The topological polar surface area (TPSA) is 43.8 Å². The first kappa shape index (κ1) is 13.5. The van der Waals surface area contributed by atoms with Crippen LogP contribution in [0, 0.1) is 5.82 Å². The first-order valence-corrected chi connectivity index (χ1v) is 5.49. The summed E-state index contributed by atoms with van der Waals surface area (Å²) in [4.78, 5) is 0. The Morgan fingerprint density at radius 3 is 2.53 bits per heavy atom. The van der Waals surface area contributed by atoms with Crippen LogP contribution in [0.1, 0.15) is 17.3 Å². The zero-order chi connectivity index (χ0) is 14.0. The number of halogens is 4. The molecule has 1 aromatic carbocycles. The SMILES string of the molecule is NCC(c1cccc(F)c1)n1ccc(C(F)(F)F)n1. The van der Waals surface area contributed by atoms with E-state index in [2.05, 4.69) is 5.10 Å². The summed E-state index contributed by atoms with van der Waals surface area (Å²) in [5.41, 5.74) is 5.01. The second-order valence-electron chi connectivity index (χ2n) is 3.99. The molecule has 19 heavy (non-hydrogen) atoms. The average molecular weight is 273 g/mol. The number of nitrogens with two attached hydrogens (primary N) is 1. The van der Waals surface area contributed by atoms with Crippen LogP contribution >= 0.6 is 0 Å². The molecule has 2 N–H and O–H groups in total. The zero-order valence-electron chi connectivity index (χ0n) is 9.73. The minimum Gasteiger partial charge on any atom is -0.328 e. The van der Waals surface area contributed by atoms with Crippen LogP contribution in [-0.2, 0) is 6.18 Å². The van der Waals surface area contributed by atoms with Gasteiger partial charge in [-0.3, -0.25) is 4.68 Å². The lowest BCUT2D eigenvalue weighted by molar-refractivity contribution is -0.141. The van der Waals surface area contributed by atoms with E-state index in [0.29, 0.717) is 5.56 Å². The van der Waals surface area contributed by atoms with E-state index in [9.17, 15) is 17.6 Å². The molecule has 1 heterocycles. The molecule has 0 aliphatic rings. The lowest BCUT2D eigenvalue weighted by atomic mass is 10.1. The van der Waals surface area contributed by atoms with Crippen LogP contribution in [0.4, 0.5) is 17.6 Å². The highest BCUT2D eigenvalue weighted by molar-refractivity contribution is 5.21. The minimum absolute atomic E-state index is 0.0163. The third-order valence-electron chi connectivity index (χ3n) is 2.67. The van der Waals surface area contributed by atoms with Crippen molar-refractivity contribution in [1.29, 1.82) is 0 Å². The van der Waals surface area contributed by atoms with Gasteiger partial charge in [0.15, 0.2) is 5.69 Å².